The summed E-state index contributed by atoms with van der Waals surface area (Å²) in [6, 6.07) is 7.78. The number of benzene rings is 1. The number of aromatic nitrogens is 1. The minimum absolute atomic E-state index is 0.359. The van der Waals surface area contributed by atoms with Gasteiger partial charge in [0.05, 0.1) is 23.0 Å². The first-order valence-electron chi connectivity index (χ1n) is 6.84. The normalized spacial score (nSPS) is 10.4. The van der Waals surface area contributed by atoms with Crippen molar-refractivity contribution in [2.24, 2.45) is 0 Å². The van der Waals surface area contributed by atoms with Crippen molar-refractivity contribution in [1.82, 2.24) is 15.8 Å². The summed E-state index contributed by atoms with van der Waals surface area (Å²) in [5, 5.41) is 4.92. The van der Waals surface area contributed by atoms with E-state index >= 15 is 0 Å². The molecule has 0 unspecified atom stereocenters. The third-order valence-electron chi connectivity index (χ3n) is 3.18. The van der Waals surface area contributed by atoms with Crippen LogP contribution in [0.4, 0.5) is 10.5 Å². The van der Waals surface area contributed by atoms with E-state index in [-0.39, 0.29) is 0 Å². The van der Waals surface area contributed by atoms with E-state index in [4.69, 9.17) is 16.3 Å². The van der Waals surface area contributed by atoms with Gasteiger partial charge in [0, 0.05) is 5.02 Å². The lowest BCUT2D eigenvalue weighted by atomic mass is 10.3. The molecule has 7 nitrogen and oxygen atoms in total. The van der Waals surface area contributed by atoms with Gasteiger partial charge in [-0.2, -0.15) is 0 Å². The van der Waals surface area contributed by atoms with Crippen molar-refractivity contribution in [1.29, 1.82) is 0 Å². The highest BCUT2D eigenvalue weighted by Gasteiger charge is 2.12. The first-order valence-corrected chi connectivity index (χ1v) is 8.09. The molecule has 0 spiro atoms. The molecule has 2 heterocycles. The summed E-state index contributed by atoms with van der Waals surface area (Å²) in [5.41, 5.74) is 6.21. The average molecular weight is 365 g/mol. The number of thiophene rings is 1. The van der Waals surface area contributed by atoms with Crippen molar-refractivity contribution < 1.29 is 14.3 Å². The molecule has 3 aromatic rings. The van der Waals surface area contributed by atoms with Crippen molar-refractivity contribution >= 4 is 50.8 Å². The van der Waals surface area contributed by atoms with E-state index in [1.54, 1.807) is 24.3 Å². The Morgan fingerprint density at radius 3 is 2.79 bits per heavy atom. The summed E-state index contributed by atoms with van der Waals surface area (Å²) in [4.78, 5) is 26.9. The first kappa shape index (κ1) is 16.2. The second kappa shape index (κ2) is 6.81. The van der Waals surface area contributed by atoms with E-state index in [9.17, 15) is 9.59 Å². The van der Waals surface area contributed by atoms with Gasteiger partial charge in [-0.25, -0.2) is 10.2 Å². The number of hydrogen-bond acceptors (Lipinski definition) is 4. The van der Waals surface area contributed by atoms with Crippen LogP contribution in [0.3, 0.4) is 0 Å². The standard InChI is InChI=1S/C15H13ClN4O3S/c1-23-12-3-2-8(16)6-10(12)18-15(22)20-19-14(21)11-7-13-9(17-11)4-5-24-13/h2-7,17H,1H3,(H,19,21)(H2,18,20,22). The molecule has 0 aliphatic heterocycles. The molecule has 0 bridgehead atoms. The van der Waals surface area contributed by atoms with Gasteiger partial charge in [0.15, 0.2) is 0 Å². The largest absolute Gasteiger partial charge is 0.495 e. The lowest BCUT2D eigenvalue weighted by Crippen LogP contribution is -2.44. The summed E-state index contributed by atoms with van der Waals surface area (Å²) < 4.78 is 6.09. The van der Waals surface area contributed by atoms with Gasteiger partial charge in [0.1, 0.15) is 11.4 Å². The highest BCUT2D eigenvalue weighted by molar-refractivity contribution is 7.17. The van der Waals surface area contributed by atoms with Gasteiger partial charge in [-0.1, -0.05) is 11.6 Å². The molecule has 0 fully saturated rings. The zero-order chi connectivity index (χ0) is 17.1. The van der Waals surface area contributed by atoms with Crippen LogP contribution in [0, 0.1) is 0 Å². The lowest BCUT2D eigenvalue weighted by Gasteiger charge is -2.11. The molecule has 3 rings (SSSR count). The van der Waals surface area contributed by atoms with Gasteiger partial charge >= 0.3 is 6.03 Å². The molecule has 0 aliphatic carbocycles. The fraction of sp³-hybridized carbons (Fsp3) is 0.0667. The number of amides is 3. The smallest absolute Gasteiger partial charge is 0.338 e. The van der Waals surface area contributed by atoms with Crippen molar-refractivity contribution in [2.75, 3.05) is 12.4 Å². The van der Waals surface area contributed by atoms with E-state index in [0.29, 0.717) is 22.2 Å². The third kappa shape index (κ3) is 3.44. The molecule has 4 N–H and O–H groups in total. The third-order valence-corrected chi connectivity index (χ3v) is 4.28. The Morgan fingerprint density at radius 1 is 1.21 bits per heavy atom. The Morgan fingerprint density at radius 2 is 2.04 bits per heavy atom. The molecule has 24 heavy (non-hydrogen) atoms. The van der Waals surface area contributed by atoms with Crippen LogP contribution in [0.25, 0.3) is 10.2 Å². The summed E-state index contributed by atoms with van der Waals surface area (Å²) in [6.45, 7) is 0. The number of ether oxygens (including phenoxy) is 1. The number of halogens is 1. The second-order valence-corrected chi connectivity index (χ2v) is 6.14. The average Bonchev–Trinajstić information content (AvgIpc) is 3.14. The van der Waals surface area contributed by atoms with Gasteiger partial charge in [-0.3, -0.25) is 10.2 Å². The summed E-state index contributed by atoms with van der Waals surface area (Å²) in [7, 11) is 1.48. The molecule has 0 saturated heterocycles. The highest BCUT2D eigenvalue weighted by atomic mass is 35.5. The van der Waals surface area contributed by atoms with Crippen LogP contribution < -0.4 is 20.9 Å². The predicted molar refractivity (Wildman–Crippen MR) is 93.8 cm³/mol. The van der Waals surface area contributed by atoms with Gasteiger partial charge in [-0.15, -0.1) is 11.3 Å². The number of hydrazine groups is 1. The number of carbonyl (C=O) groups excluding carboxylic acids is 2. The van der Waals surface area contributed by atoms with Crippen LogP contribution in [0.1, 0.15) is 10.5 Å². The minimum atomic E-state index is -0.628. The molecule has 0 atom stereocenters. The SMILES string of the molecule is COc1ccc(Cl)cc1NC(=O)NNC(=O)c1cc2sccc2[nH]1. The first-order chi connectivity index (χ1) is 11.6. The molecular formula is C15H13ClN4O3S. The van der Waals surface area contributed by atoms with Crippen LogP contribution in [0.2, 0.25) is 5.02 Å². The number of anilines is 1. The topological polar surface area (TPSA) is 95.2 Å². The Kier molecular flexibility index (Phi) is 4.59. The maximum atomic E-state index is 12.0. The number of carbonyl (C=O) groups is 2. The lowest BCUT2D eigenvalue weighted by molar-refractivity contribution is 0.0934. The van der Waals surface area contributed by atoms with Crippen LogP contribution >= 0.6 is 22.9 Å². The Hall–Kier alpha value is -2.71. The van der Waals surface area contributed by atoms with Crippen LogP contribution in [0.15, 0.2) is 35.7 Å². The fourth-order valence-corrected chi connectivity index (χ4v) is 3.04. The molecule has 0 saturated carbocycles. The Labute approximate surface area is 145 Å². The summed E-state index contributed by atoms with van der Waals surface area (Å²) >= 11 is 7.41. The molecule has 0 aliphatic rings. The number of hydrogen-bond donors (Lipinski definition) is 4. The van der Waals surface area contributed by atoms with Crippen molar-refractivity contribution in [3.63, 3.8) is 0 Å². The Balaban J connectivity index is 1.60. The zero-order valence-corrected chi connectivity index (χ0v) is 14.0. The van der Waals surface area contributed by atoms with E-state index in [1.165, 1.54) is 18.4 Å². The van der Waals surface area contributed by atoms with Crippen molar-refractivity contribution in [3.8, 4) is 5.75 Å². The maximum absolute atomic E-state index is 12.0. The fourth-order valence-electron chi connectivity index (χ4n) is 2.08. The van der Waals surface area contributed by atoms with Crippen LogP contribution in [0.5, 0.6) is 5.75 Å². The molecule has 1 aromatic carbocycles. The zero-order valence-electron chi connectivity index (χ0n) is 12.5. The molecule has 2 aromatic heterocycles. The van der Waals surface area contributed by atoms with E-state index < -0.39 is 11.9 Å². The van der Waals surface area contributed by atoms with Crippen molar-refractivity contribution in [2.45, 2.75) is 0 Å². The van der Waals surface area contributed by atoms with Gasteiger partial charge in [0.25, 0.3) is 5.91 Å². The van der Waals surface area contributed by atoms with E-state index in [2.05, 4.69) is 21.2 Å². The molecule has 0 radical (unpaired) electrons. The number of methoxy groups -OCH3 is 1. The maximum Gasteiger partial charge on any atom is 0.338 e. The molecule has 9 heteroatoms. The number of rotatable bonds is 3. The van der Waals surface area contributed by atoms with Gasteiger partial charge in [-0.05, 0) is 35.7 Å². The van der Waals surface area contributed by atoms with Crippen molar-refractivity contribution in [3.05, 3.63) is 46.4 Å². The monoisotopic (exact) mass is 364 g/mol. The minimum Gasteiger partial charge on any atom is -0.495 e. The van der Waals surface area contributed by atoms with E-state index in [0.717, 1.165) is 10.2 Å². The Bertz CT molecular complexity index is 877. The van der Waals surface area contributed by atoms with Crippen LogP contribution in [-0.4, -0.2) is 24.0 Å². The van der Waals surface area contributed by atoms with E-state index in [1.807, 2.05) is 11.4 Å². The molecular weight excluding hydrogens is 352 g/mol. The molecule has 124 valence electrons. The predicted octanol–water partition coefficient (Wildman–Crippen LogP) is 3.36. The van der Waals surface area contributed by atoms with Crippen LogP contribution in [-0.2, 0) is 0 Å². The molecule has 3 amide bonds. The van der Waals surface area contributed by atoms with Gasteiger partial charge in [0.2, 0.25) is 0 Å². The number of aromatic amines is 1. The number of fused-ring (bicyclic) bond motifs is 1. The quantitative estimate of drug-likeness (QED) is 0.537. The summed E-state index contributed by atoms with van der Waals surface area (Å²) in [6.07, 6.45) is 0. The number of nitrogens with one attached hydrogen (secondary N) is 4. The number of urea groups is 1. The number of H-pyrrole nitrogens is 1. The van der Waals surface area contributed by atoms with Gasteiger partial charge < -0.3 is 15.0 Å². The highest BCUT2D eigenvalue weighted by Crippen LogP contribution is 2.27. The second-order valence-electron chi connectivity index (χ2n) is 4.76. The summed E-state index contributed by atoms with van der Waals surface area (Å²) in [5.74, 6) is -0.00269.